The number of pyridine rings is 1. The normalized spacial score (nSPS) is 13.4. The molecule has 0 fully saturated rings. The summed E-state index contributed by atoms with van der Waals surface area (Å²) >= 11 is 1.76. The molecule has 2 rings (SSSR count). The Bertz CT molecular complexity index is 528. The van der Waals surface area contributed by atoms with Crippen LogP contribution in [0.2, 0.25) is 0 Å². The van der Waals surface area contributed by atoms with Gasteiger partial charge in [-0.25, -0.2) is 4.98 Å². The Morgan fingerprint density at radius 1 is 1.30 bits per heavy atom. The van der Waals surface area contributed by atoms with Crippen molar-refractivity contribution in [3.05, 3.63) is 46.2 Å². The minimum absolute atomic E-state index is 0.132. The number of hydrogen-bond donors (Lipinski definition) is 1. The molecule has 108 valence electrons. The molecule has 4 heteroatoms. The van der Waals surface area contributed by atoms with Crippen LogP contribution in [0.3, 0.4) is 0 Å². The van der Waals surface area contributed by atoms with E-state index in [1.807, 2.05) is 25.5 Å². The Hall–Kier alpha value is -1.26. The highest BCUT2D eigenvalue weighted by molar-refractivity contribution is 7.09. The minimum atomic E-state index is 0.132. The van der Waals surface area contributed by atoms with Crippen LogP contribution in [0.4, 0.5) is 0 Å². The fourth-order valence-electron chi connectivity index (χ4n) is 2.04. The molecule has 0 aliphatic carbocycles. The fourth-order valence-corrected chi connectivity index (χ4v) is 3.14. The summed E-state index contributed by atoms with van der Waals surface area (Å²) in [5.41, 5.74) is 2.58. The predicted molar refractivity (Wildman–Crippen MR) is 85.3 cm³/mol. The molecule has 0 amide bonds. The summed E-state index contributed by atoms with van der Waals surface area (Å²) in [6, 6.07) is 4.52. The van der Waals surface area contributed by atoms with E-state index in [1.165, 1.54) is 16.3 Å². The molecule has 3 nitrogen and oxygen atoms in total. The van der Waals surface area contributed by atoms with Crippen LogP contribution in [-0.2, 0) is 18.3 Å². The summed E-state index contributed by atoms with van der Waals surface area (Å²) < 4.78 is 0. The van der Waals surface area contributed by atoms with Gasteiger partial charge in [-0.15, -0.1) is 11.3 Å². The van der Waals surface area contributed by atoms with Gasteiger partial charge < -0.3 is 5.32 Å². The summed E-state index contributed by atoms with van der Waals surface area (Å²) in [6.07, 6.45) is 5.70. The summed E-state index contributed by atoms with van der Waals surface area (Å²) in [4.78, 5) is 8.95. The molecule has 0 bridgehead atoms. The van der Waals surface area contributed by atoms with Gasteiger partial charge in [-0.3, -0.25) is 4.98 Å². The highest BCUT2D eigenvalue weighted by Gasteiger charge is 2.18. The van der Waals surface area contributed by atoms with Gasteiger partial charge in [-0.2, -0.15) is 0 Å². The molecule has 20 heavy (non-hydrogen) atoms. The second-order valence-electron chi connectivity index (χ2n) is 6.13. The third-order valence-corrected chi connectivity index (χ3v) is 4.23. The second kappa shape index (κ2) is 6.46. The second-order valence-corrected chi connectivity index (χ2v) is 7.07. The van der Waals surface area contributed by atoms with Gasteiger partial charge in [-0.05, 0) is 25.1 Å². The number of nitrogens with zero attached hydrogens (tertiary/aromatic N) is 2. The van der Waals surface area contributed by atoms with Crippen molar-refractivity contribution < 1.29 is 0 Å². The van der Waals surface area contributed by atoms with Crippen LogP contribution in [0.15, 0.2) is 29.9 Å². The van der Waals surface area contributed by atoms with Gasteiger partial charge in [0.1, 0.15) is 0 Å². The summed E-state index contributed by atoms with van der Waals surface area (Å²) in [7, 11) is 2.01. The van der Waals surface area contributed by atoms with E-state index in [4.69, 9.17) is 4.98 Å². The van der Waals surface area contributed by atoms with Crippen molar-refractivity contribution in [2.45, 2.75) is 45.1 Å². The van der Waals surface area contributed by atoms with Gasteiger partial charge in [0.15, 0.2) is 0 Å². The molecule has 0 saturated carbocycles. The van der Waals surface area contributed by atoms with Crippen molar-refractivity contribution in [1.29, 1.82) is 0 Å². The van der Waals surface area contributed by atoms with Gasteiger partial charge in [0.05, 0.1) is 10.7 Å². The maximum atomic E-state index is 4.77. The molecular weight excluding hydrogens is 266 g/mol. The molecule has 0 saturated heterocycles. The van der Waals surface area contributed by atoms with Crippen molar-refractivity contribution in [3.63, 3.8) is 0 Å². The minimum Gasteiger partial charge on any atom is -0.316 e. The molecular formula is C16H23N3S. The number of hydrogen-bond acceptors (Lipinski definition) is 4. The topological polar surface area (TPSA) is 37.8 Å². The van der Waals surface area contributed by atoms with Crippen LogP contribution in [0, 0.1) is 0 Å². The number of thiazole rings is 1. The van der Waals surface area contributed by atoms with Crippen molar-refractivity contribution in [1.82, 2.24) is 15.3 Å². The van der Waals surface area contributed by atoms with E-state index in [0.29, 0.717) is 6.04 Å². The number of rotatable bonds is 5. The molecule has 0 aliphatic heterocycles. The number of aromatic nitrogens is 2. The molecule has 0 aliphatic rings. The van der Waals surface area contributed by atoms with Crippen molar-refractivity contribution in [2.24, 2.45) is 0 Å². The third-order valence-electron chi connectivity index (χ3n) is 3.35. The Balaban J connectivity index is 2.01. The number of nitrogens with one attached hydrogen (secondary N) is 1. The van der Waals surface area contributed by atoms with Crippen LogP contribution in [-0.4, -0.2) is 23.1 Å². The van der Waals surface area contributed by atoms with Gasteiger partial charge in [0, 0.05) is 35.7 Å². The molecule has 0 radical (unpaired) electrons. The molecule has 1 N–H and O–H groups in total. The first-order valence-electron chi connectivity index (χ1n) is 7.00. The zero-order valence-electron chi connectivity index (χ0n) is 12.7. The van der Waals surface area contributed by atoms with E-state index in [1.54, 1.807) is 11.3 Å². The van der Waals surface area contributed by atoms with Crippen LogP contribution >= 0.6 is 11.3 Å². The summed E-state index contributed by atoms with van der Waals surface area (Å²) in [6.45, 7) is 6.62. The lowest BCUT2D eigenvalue weighted by Gasteiger charge is -2.16. The molecule has 2 aromatic rings. The first-order chi connectivity index (χ1) is 9.49. The standard InChI is InChI=1S/C16H23N3S/c1-16(2,3)14-11-20-15(19-14)9-13(17-4)8-12-6-5-7-18-10-12/h5-7,10-11,13,17H,8-9H2,1-4H3. The Labute approximate surface area is 125 Å². The monoisotopic (exact) mass is 289 g/mol. The SMILES string of the molecule is CNC(Cc1cccnc1)Cc1nc(C(C)(C)C)cs1. The maximum Gasteiger partial charge on any atom is 0.0944 e. The first kappa shape index (κ1) is 15.1. The number of likely N-dealkylation sites (N-methyl/N-ethyl adjacent to an activating group) is 1. The molecule has 0 aromatic carbocycles. The first-order valence-corrected chi connectivity index (χ1v) is 7.88. The fraction of sp³-hybridized carbons (Fsp3) is 0.500. The van der Waals surface area contributed by atoms with E-state index in [9.17, 15) is 0 Å². The third kappa shape index (κ3) is 4.12. The van der Waals surface area contributed by atoms with Gasteiger partial charge in [-0.1, -0.05) is 26.8 Å². The Morgan fingerprint density at radius 3 is 2.65 bits per heavy atom. The molecule has 2 heterocycles. The molecule has 1 unspecified atom stereocenters. The van der Waals surface area contributed by atoms with Crippen LogP contribution < -0.4 is 5.32 Å². The highest BCUT2D eigenvalue weighted by atomic mass is 32.1. The lowest BCUT2D eigenvalue weighted by Crippen LogP contribution is -2.30. The lowest BCUT2D eigenvalue weighted by molar-refractivity contribution is 0.543. The molecule has 0 spiro atoms. The average molecular weight is 289 g/mol. The molecule has 2 aromatic heterocycles. The maximum absolute atomic E-state index is 4.77. The van der Waals surface area contributed by atoms with Crippen molar-refractivity contribution >= 4 is 11.3 Å². The van der Waals surface area contributed by atoms with Gasteiger partial charge in [0.25, 0.3) is 0 Å². The average Bonchev–Trinajstić information content (AvgIpc) is 2.87. The lowest BCUT2D eigenvalue weighted by atomic mass is 9.93. The van der Waals surface area contributed by atoms with Crippen LogP contribution in [0.5, 0.6) is 0 Å². The van der Waals surface area contributed by atoms with Crippen molar-refractivity contribution in [2.75, 3.05) is 7.05 Å². The van der Waals surface area contributed by atoms with E-state index in [0.717, 1.165) is 12.8 Å². The van der Waals surface area contributed by atoms with Crippen LogP contribution in [0.1, 0.15) is 37.0 Å². The summed E-state index contributed by atoms with van der Waals surface area (Å²) in [5.74, 6) is 0. The Morgan fingerprint density at radius 2 is 2.10 bits per heavy atom. The Kier molecular flexibility index (Phi) is 4.89. The highest BCUT2D eigenvalue weighted by Crippen LogP contribution is 2.24. The largest absolute Gasteiger partial charge is 0.316 e. The van der Waals surface area contributed by atoms with Gasteiger partial charge >= 0.3 is 0 Å². The van der Waals surface area contributed by atoms with Crippen LogP contribution in [0.25, 0.3) is 0 Å². The van der Waals surface area contributed by atoms with E-state index >= 15 is 0 Å². The molecule has 1 atom stereocenters. The smallest absolute Gasteiger partial charge is 0.0944 e. The summed E-state index contributed by atoms with van der Waals surface area (Å²) in [5, 5.41) is 6.78. The van der Waals surface area contributed by atoms with Gasteiger partial charge in [0.2, 0.25) is 0 Å². The quantitative estimate of drug-likeness (QED) is 0.918. The zero-order chi connectivity index (χ0) is 14.6. The predicted octanol–water partition coefficient (Wildman–Crippen LogP) is 3.21. The van der Waals surface area contributed by atoms with E-state index < -0.39 is 0 Å². The van der Waals surface area contributed by atoms with E-state index in [2.05, 4.69) is 42.5 Å². The zero-order valence-corrected chi connectivity index (χ0v) is 13.5. The van der Waals surface area contributed by atoms with Crippen molar-refractivity contribution in [3.8, 4) is 0 Å². The van der Waals surface area contributed by atoms with E-state index in [-0.39, 0.29) is 5.41 Å².